The van der Waals surface area contributed by atoms with Crippen LogP contribution in [0.25, 0.3) is 0 Å². The predicted octanol–water partition coefficient (Wildman–Crippen LogP) is 2.47. The van der Waals surface area contributed by atoms with Gasteiger partial charge in [0.2, 0.25) is 0 Å². The molecule has 4 nitrogen and oxygen atoms in total. The van der Waals surface area contributed by atoms with E-state index in [4.69, 9.17) is 0 Å². The average molecular weight is 262 g/mol. The zero-order valence-electron chi connectivity index (χ0n) is 12.4. The van der Waals surface area contributed by atoms with Gasteiger partial charge in [0.1, 0.15) is 0 Å². The number of aromatic amines is 1. The minimum absolute atomic E-state index is 0.574. The lowest BCUT2D eigenvalue weighted by atomic mass is 9.68. The molecule has 0 radical (unpaired) electrons. The molecule has 0 amide bonds. The van der Waals surface area contributed by atoms with Crippen LogP contribution in [0.2, 0.25) is 0 Å². The van der Waals surface area contributed by atoms with E-state index in [0.717, 1.165) is 30.6 Å². The number of hydrogen-bond acceptors (Lipinski definition) is 3. The second-order valence-corrected chi connectivity index (χ2v) is 7.11. The van der Waals surface area contributed by atoms with Crippen molar-refractivity contribution in [1.29, 1.82) is 0 Å². The highest BCUT2D eigenvalue weighted by Crippen LogP contribution is 2.40. The largest absolute Gasteiger partial charge is 0.355 e. The fourth-order valence-corrected chi connectivity index (χ4v) is 3.57. The van der Waals surface area contributed by atoms with E-state index >= 15 is 0 Å². The van der Waals surface area contributed by atoms with E-state index in [1.54, 1.807) is 0 Å². The van der Waals surface area contributed by atoms with E-state index in [0.29, 0.717) is 11.5 Å². The van der Waals surface area contributed by atoms with Crippen LogP contribution in [0.5, 0.6) is 0 Å². The van der Waals surface area contributed by atoms with Gasteiger partial charge in [0.05, 0.1) is 0 Å². The summed E-state index contributed by atoms with van der Waals surface area (Å²) < 4.78 is 0. The van der Waals surface area contributed by atoms with Crippen molar-refractivity contribution >= 4 is 5.82 Å². The maximum Gasteiger partial charge on any atom is 0.150 e. The molecular weight excluding hydrogens is 236 g/mol. The van der Waals surface area contributed by atoms with Gasteiger partial charge in [-0.15, -0.1) is 0 Å². The van der Waals surface area contributed by atoms with E-state index in [1.165, 1.54) is 25.7 Å². The van der Waals surface area contributed by atoms with Crippen molar-refractivity contribution in [1.82, 2.24) is 15.5 Å². The summed E-state index contributed by atoms with van der Waals surface area (Å²) in [4.78, 5) is 2.40. The summed E-state index contributed by atoms with van der Waals surface area (Å²) in [6, 6.07) is 3.61. The van der Waals surface area contributed by atoms with E-state index in [1.807, 2.05) is 0 Å². The third-order valence-electron chi connectivity index (χ3n) is 4.58. The van der Waals surface area contributed by atoms with Crippen LogP contribution < -0.4 is 10.2 Å². The number of nitrogens with zero attached hydrogens (tertiary/aromatic N) is 2. The fourth-order valence-electron chi connectivity index (χ4n) is 3.57. The highest BCUT2D eigenvalue weighted by molar-refractivity contribution is 5.39. The van der Waals surface area contributed by atoms with Gasteiger partial charge in [-0.2, -0.15) is 5.10 Å². The minimum Gasteiger partial charge on any atom is -0.355 e. The molecule has 3 rings (SSSR count). The lowest BCUT2D eigenvalue weighted by molar-refractivity contribution is 0.112. The van der Waals surface area contributed by atoms with Gasteiger partial charge in [-0.3, -0.25) is 5.10 Å². The monoisotopic (exact) mass is 262 g/mol. The van der Waals surface area contributed by atoms with E-state index in [-0.39, 0.29) is 0 Å². The molecule has 1 aliphatic heterocycles. The van der Waals surface area contributed by atoms with Crippen molar-refractivity contribution in [3.63, 3.8) is 0 Å². The van der Waals surface area contributed by atoms with Gasteiger partial charge in [-0.1, -0.05) is 13.8 Å². The maximum absolute atomic E-state index is 4.35. The van der Waals surface area contributed by atoms with Gasteiger partial charge < -0.3 is 10.2 Å². The first kappa shape index (κ1) is 13.0. The summed E-state index contributed by atoms with van der Waals surface area (Å²) in [6.07, 6.45) is 5.16. The van der Waals surface area contributed by atoms with Crippen LogP contribution in [0, 0.1) is 12.3 Å². The van der Waals surface area contributed by atoms with Crippen LogP contribution >= 0.6 is 0 Å². The topological polar surface area (TPSA) is 44.0 Å². The molecular formula is C15H26N4. The molecule has 4 heteroatoms. The SMILES string of the molecule is Cc1cc(N2CCC(NC3CC(C)(C)C3)CC2)n[nH]1. The number of anilines is 1. The Bertz CT molecular complexity index is 421. The van der Waals surface area contributed by atoms with Crippen molar-refractivity contribution in [2.24, 2.45) is 5.41 Å². The third kappa shape index (κ3) is 2.94. The van der Waals surface area contributed by atoms with Crippen LogP contribution in [0.3, 0.4) is 0 Å². The van der Waals surface area contributed by atoms with Crippen LogP contribution in [0.4, 0.5) is 5.82 Å². The number of piperidine rings is 1. The number of aryl methyl sites for hydroxylation is 1. The zero-order valence-corrected chi connectivity index (χ0v) is 12.4. The van der Waals surface area contributed by atoms with Gasteiger partial charge in [-0.25, -0.2) is 0 Å². The summed E-state index contributed by atoms with van der Waals surface area (Å²) >= 11 is 0. The molecule has 1 aromatic heterocycles. The van der Waals surface area contributed by atoms with Crippen molar-refractivity contribution in [2.75, 3.05) is 18.0 Å². The van der Waals surface area contributed by atoms with Gasteiger partial charge in [0.25, 0.3) is 0 Å². The summed E-state index contributed by atoms with van der Waals surface area (Å²) in [7, 11) is 0. The highest BCUT2D eigenvalue weighted by atomic mass is 15.3. The summed E-state index contributed by atoms with van der Waals surface area (Å²) in [5.74, 6) is 1.11. The van der Waals surface area contributed by atoms with Crippen molar-refractivity contribution in [3.05, 3.63) is 11.8 Å². The first-order chi connectivity index (χ1) is 9.02. The van der Waals surface area contributed by atoms with E-state index in [2.05, 4.69) is 47.3 Å². The molecule has 0 atom stereocenters. The molecule has 1 saturated heterocycles. The molecule has 2 N–H and O–H groups in total. The molecule has 1 saturated carbocycles. The average Bonchev–Trinajstić information content (AvgIpc) is 2.74. The predicted molar refractivity (Wildman–Crippen MR) is 78.5 cm³/mol. The second kappa shape index (κ2) is 4.82. The Hall–Kier alpha value is -1.03. The molecule has 2 aliphatic rings. The number of hydrogen-bond donors (Lipinski definition) is 2. The molecule has 1 aliphatic carbocycles. The molecule has 0 unspecified atom stereocenters. The molecule has 0 bridgehead atoms. The standard InChI is InChI=1S/C15H26N4/c1-11-8-14(18-17-11)19-6-4-12(5-7-19)16-13-9-15(2,3)10-13/h8,12-13,16H,4-7,9-10H2,1-3H3,(H,17,18). The van der Waals surface area contributed by atoms with Crippen LogP contribution in [0.15, 0.2) is 6.07 Å². The quantitative estimate of drug-likeness (QED) is 0.879. The normalized spacial score (nSPS) is 24.5. The smallest absolute Gasteiger partial charge is 0.150 e. The number of aromatic nitrogens is 2. The number of H-pyrrole nitrogens is 1. The molecule has 2 fully saturated rings. The fraction of sp³-hybridized carbons (Fsp3) is 0.800. The highest BCUT2D eigenvalue weighted by Gasteiger charge is 2.37. The Labute approximate surface area is 116 Å². The summed E-state index contributed by atoms with van der Waals surface area (Å²) in [5, 5.41) is 11.2. The number of rotatable bonds is 3. The minimum atomic E-state index is 0.574. The van der Waals surface area contributed by atoms with Crippen molar-refractivity contribution in [2.45, 2.75) is 58.5 Å². The molecule has 0 aromatic carbocycles. The Morgan fingerprint density at radius 3 is 2.47 bits per heavy atom. The first-order valence-electron chi connectivity index (χ1n) is 7.55. The molecule has 1 aromatic rings. The maximum atomic E-state index is 4.35. The summed E-state index contributed by atoms with van der Waals surface area (Å²) in [6.45, 7) is 9.04. The first-order valence-corrected chi connectivity index (χ1v) is 7.55. The Morgan fingerprint density at radius 1 is 1.26 bits per heavy atom. The van der Waals surface area contributed by atoms with E-state index < -0.39 is 0 Å². The second-order valence-electron chi connectivity index (χ2n) is 7.11. The van der Waals surface area contributed by atoms with Gasteiger partial charge >= 0.3 is 0 Å². The lowest BCUT2D eigenvalue weighted by Gasteiger charge is -2.45. The Kier molecular flexibility index (Phi) is 3.29. The Balaban J connectivity index is 1.45. The third-order valence-corrected chi connectivity index (χ3v) is 4.58. The van der Waals surface area contributed by atoms with Crippen molar-refractivity contribution in [3.8, 4) is 0 Å². The van der Waals surface area contributed by atoms with Crippen LogP contribution in [-0.2, 0) is 0 Å². The van der Waals surface area contributed by atoms with Gasteiger partial charge in [0, 0.05) is 36.9 Å². The van der Waals surface area contributed by atoms with Gasteiger partial charge in [0.15, 0.2) is 5.82 Å². The van der Waals surface area contributed by atoms with Crippen LogP contribution in [0.1, 0.15) is 45.2 Å². The van der Waals surface area contributed by atoms with Gasteiger partial charge in [-0.05, 0) is 38.0 Å². The molecule has 0 spiro atoms. The zero-order chi connectivity index (χ0) is 13.5. The Morgan fingerprint density at radius 2 is 1.95 bits per heavy atom. The van der Waals surface area contributed by atoms with E-state index in [9.17, 15) is 0 Å². The lowest BCUT2D eigenvalue weighted by Crippen LogP contribution is -2.52. The number of nitrogens with one attached hydrogen (secondary N) is 2. The molecule has 19 heavy (non-hydrogen) atoms. The molecule has 106 valence electrons. The molecule has 2 heterocycles. The summed E-state index contributed by atoms with van der Waals surface area (Å²) in [5.41, 5.74) is 1.72. The van der Waals surface area contributed by atoms with Crippen LogP contribution in [-0.4, -0.2) is 35.4 Å². The van der Waals surface area contributed by atoms with Crippen molar-refractivity contribution < 1.29 is 0 Å².